The summed E-state index contributed by atoms with van der Waals surface area (Å²) in [7, 11) is 0. The summed E-state index contributed by atoms with van der Waals surface area (Å²) in [5.74, 6) is 0.978. The minimum Gasteiger partial charge on any atom is -0.367 e. The standard InChI is InChI=1S/C15H24N4O.2ClH/c1-10(2)18-14-12(6-4-8-17-14)15(20)19-13-7-3-5-11(13)9-16;;/h4,6,8,10-11,13H,3,5,7,9,16H2,1-2H3,(H,17,18)(H,19,20);2*1H. The molecule has 0 saturated heterocycles. The van der Waals surface area contributed by atoms with E-state index >= 15 is 0 Å². The van der Waals surface area contributed by atoms with Gasteiger partial charge in [0.15, 0.2) is 0 Å². The molecule has 0 bridgehead atoms. The number of carbonyl (C=O) groups is 1. The fourth-order valence-corrected chi connectivity index (χ4v) is 2.73. The van der Waals surface area contributed by atoms with Gasteiger partial charge in [0.05, 0.1) is 5.56 Å². The van der Waals surface area contributed by atoms with Gasteiger partial charge in [-0.1, -0.05) is 6.42 Å². The van der Waals surface area contributed by atoms with E-state index in [2.05, 4.69) is 15.6 Å². The van der Waals surface area contributed by atoms with Crippen molar-refractivity contribution in [1.29, 1.82) is 0 Å². The number of nitrogens with one attached hydrogen (secondary N) is 2. The molecule has 2 unspecified atom stereocenters. The smallest absolute Gasteiger partial charge is 0.255 e. The lowest BCUT2D eigenvalue weighted by Gasteiger charge is -2.20. The first-order chi connectivity index (χ1) is 9.61. The molecule has 0 aromatic carbocycles. The van der Waals surface area contributed by atoms with Crippen LogP contribution in [0.1, 0.15) is 43.5 Å². The van der Waals surface area contributed by atoms with E-state index in [4.69, 9.17) is 5.73 Å². The van der Waals surface area contributed by atoms with Crippen LogP contribution in [0.4, 0.5) is 5.82 Å². The molecule has 2 rings (SSSR count). The predicted octanol–water partition coefficient (Wildman–Crippen LogP) is 2.60. The first-order valence-electron chi connectivity index (χ1n) is 7.34. The number of amides is 1. The van der Waals surface area contributed by atoms with Crippen LogP contribution in [-0.2, 0) is 0 Å². The SMILES string of the molecule is CC(C)Nc1ncccc1C(=O)NC1CCCC1CN.Cl.Cl. The Morgan fingerprint density at radius 1 is 1.41 bits per heavy atom. The Morgan fingerprint density at radius 2 is 2.14 bits per heavy atom. The summed E-state index contributed by atoms with van der Waals surface area (Å²) in [5.41, 5.74) is 6.36. The molecular formula is C15H26Cl2N4O. The summed E-state index contributed by atoms with van der Waals surface area (Å²) in [6.07, 6.45) is 4.95. The van der Waals surface area contributed by atoms with E-state index in [1.54, 1.807) is 18.3 Å². The minimum atomic E-state index is -0.0633. The second-order valence-electron chi connectivity index (χ2n) is 5.71. The molecule has 0 radical (unpaired) electrons. The van der Waals surface area contributed by atoms with E-state index in [0.717, 1.165) is 19.3 Å². The third-order valence-electron chi connectivity index (χ3n) is 3.76. The number of nitrogens with two attached hydrogens (primary N) is 1. The monoisotopic (exact) mass is 348 g/mol. The van der Waals surface area contributed by atoms with Gasteiger partial charge in [-0.25, -0.2) is 4.98 Å². The summed E-state index contributed by atoms with van der Waals surface area (Å²) in [6.45, 7) is 4.69. The molecule has 22 heavy (non-hydrogen) atoms. The molecule has 1 aliphatic carbocycles. The topological polar surface area (TPSA) is 80.0 Å². The summed E-state index contributed by atoms with van der Waals surface area (Å²) >= 11 is 0. The third kappa shape index (κ3) is 5.30. The predicted molar refractivity (Wildman–Crippen MR) is 95.1 cm³/mol. The molecule has 0 aliphatic heterocycles. The average molecular weight is 349 g/mol. The zero-order valence-electron chi connectivity index (χ0n) is 13.0. The van der Waals surface area contributed by atoms with Crippen molar-refractivity contribution >= 4 is 36.5 Å². The minimum absolute atomic E-state index is 0. The number of hydrogen-bond acceptors (Lipinski definition) is 4. The number of carbonyl (C=O) groups excluding carboxylic acids is 1. The summed E-state index contributed by atoms with van der Waals surface area (Å²) < 4.78 is 0. The average Bonchev–Trinajstić information content (AvgIpc) is 2.85. The Labute approximate surface area is 144 Å². The first kappa shape index (κ1) is 21.0. The number of hydrogen-bond donors (Lipinski definition) is 3. The lowest BCUT2D eigenvalue weighted by molar-refractivity contribution is 0.0929. The van der Waals surface area contributed by atoms with Gasteiger partial charge in [0.25, 0.3) is 5.91 Å². The molecule has 7 heteroatoms. The molecule has 0 spiro atoms. The van der Waals surface area contributed by atoms with Crippen molar-refractivity contribution in [2.24, 2.45) is 11.7 Å². The van der Waals surface area contributed by atoms with Crippen LogP contribution in [0.3, 0.4) is 0 Å². The first-order valence-corrected chi connectivity index (χ1v) is 7.34. The summed E-state index contributed by atoms with van der Waals surface area (Å²) in [4.78, 5) is 16.7. The van der Waals surface area contributed by atoms with Gasteiger partial charge in [-0.3, -0.25) is 4.79 Å². The van der Waals surface area contributed by atoms with Crippen molar-refractivity contribution in [2.45, 2.75) is 45.2 Å². The zero-order chi connectivity index (χ0) is 14.5. The van der Waals surface area contributed by atoms with Crippen LogP contribution in [0, 0.1) is 5.92 Å². The summed E-state index contributed by atoms with van der Waals surface area (Å²) in [6, 6.07) is 4.02. The van der Waals surface area contributed by atoms with Crippen molar-refractivity contribution in [3.63, 3.8) is 0 Å². The van der Waals surface area contributed by atoms with Crippen LogP contribution < -0.4 is 16.4 Å². The fraction of sp³-hybridized carbons (Fsp3) is 0.600. The van der Waals surface area contributed by atoms with Crippen LogP contribution in [0.5, 0.6) is 0 Å². The highest BCUT2D eigenvalue weighted by atomic mass is 35.5. The highest BCUT2D eigenvalue weighted by Gasteiger charge is 2.28. The number of rotatable bonds is 5. The molecule has 1 aromatic rings. The maximum atomic E-state index is 12.4. The van der Waals surface area contributed by atoms with E-state index in [9.17, 15) is 4.79 Å². The van der Waals surface area contributed by atoms with Crippen molar-refractivity contribution in [3.8, 4) is 0 Å². The lowest BCUT2D eigenvalue weighted by atomic mass is 10.0. The maximum absolute atomic E-state index is 12.4. The molecule has 1 aliphatic rings. The Bertz CT molecular complexity index is 471. The Hall–Kier alpha value is -1.04. The third-order valence-corrected chi connectivity index (χ3v) is 3.76. The highest BCUT2D eigenvalue weighted by molar-refractivity contribution is 5.98. The van der Waals surface area contributed by atoms with Crippen molar-refractivity contribution in [2.75, 3.05) is 11.9 Å². The normalized spacial score (nSPS) is 20.0. The van der Waals surface area contributed by atoms with E-state index in [1.807, 2.05) is 13.8 Å². The van der Waals surface area contributed by atoms with Gasteiger partial charge in [0.1, 0.15) is 5.82 Å². The maximum Gasteiger partial charge on any atom is 0.255 e. The van der Waals surface area contributed by atoms with Gasteiger partial charge >= 0.3 is 0 Å². The van der Waals surface area contributed by atoms with Crippen LogP contribution >= 0.6 is 24.8 Å². The second-order valence-corrected chi connectivity index (χ2v) is 5.71. The van der Waals surface area contributed by atoms with Gasteiger partial charge in [0.2, 0.25) is 0 Å². The van der Waals surface area contributed by atoms with Crippen molar-refractivity contribution in [3.05, 3.63) is 23.9 Å². The quantitative estimate of drug-likeness (QED) is 0.763. The lowest BCUT2D eigenvalue weighted by Crippen LogP contribution is -2.40. The Balaban J connectivity index is 0.00000220. The van der Waals surface area contributed by atoms with E-state index in [-0.39, 0.29) is 42.8 Å². The number of anilines is 1. The molecule has 1 aromatic heterocycles. The van der Waals surface area contributed by atoms with Gasteiger partial charge in [-0.15, -0.1) is 24.8 Å². The van der Waals surface area contributed by atoms with Crippen molar-refractivity contribution < 1.29 is 4.79 Å². The van der Waals surface area contributed by atoms with Crippen LogP contribution in [0.15, 0.2) is 18.3 Å². The molecule has 2 atom stereocenters. The second kappa shape index (κ2) is 9.87. The molecule has 1 heterocycles. The van der Waals surface area contributed by atoms with Gasteiger partial charge in [-0.05, 0) is 51.3 Å². The fourth-order valence-electron chi connectivity index (χ4n) is 2.73. The number of nitrogens with zero attached hydrogens (tertiary/aromatic N) is 1. The van der Waals surface area contributed by atoms with Crippen LogP contribution in [0.2, 0.25) is 0 Å². The van der Waals surface area contributed by atoms with E-state index in [0.29, 0.717) is 23.8 Å². The number of halogens is 2. The molecule has 1 amide bonds. The molecule has 1 saturated carbocycles. The highest BCUT2D eigenvalue weighted by Crippen LogP contribution is 2.25. The number of aromatic nitrogens is 1. The molecule has 5 nitrogen and oxygen atoms in total. The molecular weight excluding hydrogens is 323 g/mol. The largest absolute Gasteiger partial charge is 0.367 e. The van der Waals surface area contributed by atoms with E-state index in [1.165, 1.54) is 0 Å². The summed E-state index contributed by atoms with van der Waals surface area (Å²) in [5, 5.41) is 6.32. The Kier molecular flexibility index (Phi) is 9.41. The zero-order valence-corrected chi connectivity index (χ0v) is 14.7. The number of pyridine rings is 1. The molecule has 1 fully saturated rings. The van der Waals surface area contributed by atoms with Gasteiger partial charge < -0.3 is 16.4 Å². The molecule has 4 N–H and O–H groups in total. The van der Waals surface area contributed by atoms with Gasteiger partial charge in [-0.2, -0.15) is 0 Å². The molecule has 126 valence electrons. The van der Waals surface area contributed by atoms with E-state index < -0.39 is 0 Å². The van der Waals surface area contributed by atoms with Gasteiger partial charge in [0, 0.05) is 18.3 Å². The Morgan fingerprint density at radius 3 is 2.77 bits per heavy atom. The van der Waals surface area contributed by atoms with Crippen LogP contribution in [-0.4, -0.2) is 29.5 Å². The van der Waals surface area contributed by atoms with Crippen LogP contribution in [0.25, 0.3) is 0 Å². The van der Waals surface area contributed by atoms with Crippen molar-refractivity contribution in [1.82, 2.24) is 10.3 Å².